The van der Waals surface area contributed by atoms with E-state index in [1.165, 1.54) is 0 Å². The summed E-state index contributed by atoms with van der Waals surface area (Å²) in [6, 6.07) is 34.8. The van der Waals surface area contributed by atoms with Gasteiger partial charge in [-0.15, -0.1) is 0 Å². The second kappa shape index (κ2) is 11.7. The highest BCUT2D eigenvalue weighted by molar-refractivity contribution is 5.90. The first kappa shape index (κ1) is 23.8. The van der Waals surface area contributed by atoms with Crippen molar-refractivity contribution in [2.75, 3.05) is 0 Å². The van der Waals surface area contributed by atoms with E-state index in [4.69, 9.17) is 4.74 Å². The maximum absolute atomic E-state index is 13.4. The van der Waals surface area contributed by atoms with E-state index in [-0.39, 0.29) is 12.3 Å². The molecule has 1 atom stereocenters. The van der Waals surface area contributed by atoms with E-state index in [1.54, 1.807) is 0 Å². The van der Waals surface area contributed by atoms with Crippen LogP contribution in [0.5, 0.6) is 5.75 Å². The van der Waals surface area contributed by atoms with Gasteiger partial charge in [-0.3, -0.25) is 4.79 Å². The number of rotatable bonds is 10. The first-order valence-corrected chi connectivity index (χ1v) is 11.5. The van der Waals surface area contributed by atoms with E-state index in [1.807, 2.05) is 115 Å². The van der Waals surface area contributed by atoms with Crippen LogP contribution in [0.3, 0.4) is 0 Å². The Kier molecular flexibility index (Phi) is 7.92. The van der Waals surface area contributed by atoms with Gasteiger partial charge in [0.2, 0.25) is 5.91 Å². The maximum Gasteiger partial charge on any atom is 0.326 e. The van der Waals surface area contributed by atoms with Crippen LogP contribution in [0.25, 0.3) is 0 Å². The van der Waals surface area contributed by atoms with E-state index in [0.29, 0.717) is 12.4 Å². The van der Waals surface area contributed by atoms with Crippen molar-refractivity contribution >= 4 is 11.9 Å². The smallest absolute Gasteiger partial charge is 0.326 e. The summed E-state index contributed by atoms with van der Waals surface area (Å²) < 4.78 is 5.87. The number of amides is 1. The second-order valence-electron chi connectivity index (χ2n) is 8.28. The van der Waals surface area contributed by atoms with Gasteiger partial charge in [-0.25, -0.2) is 4.79 Å². The lowest BCUT2D eigenvalue weighted by Gasteiger charge is -2.21. The SMILES string of the molecule is O=C(N[C@@H](Cc1cccc(OCc2ccccc2)c1)C(=O)O)C(c1ccccc1)c1ccccc1. The first-order chi connectivity index (χ1) is 17.1. The molecule has 2 N–H and O–H groups in total. The van der Waals surface area contributed by atoms with Crippen LogP contribution in [0.2, 0.25) is 0 Å². The normalized spacial score (nSPS) is 11.6. The first-order valence-electron chi connectivity index (χ1n) is 11.5. The van der Waals surface area contributed by atoms with Crippen LogP contribution in [0.15, 0.2) is 115 Å². The van der Waals surface area contributed by atoms with E-state index >= 15 is 0 Å². The third-order valence-electron chi connectivity index (χ3n) is 5.73. The zero-order valence-electron chi connectivity index (χ0n) is 19.2. The minimum atomic E-state index is -1.09. The van der Waals surface area contributed by atoms with E-state index in [9.17, 15) is 14.7 Å². The molecule has 0 saturated heterocycles. The summed E-state index contributed by atoms with van der Waals surface area (Å²) in [6.07, 6.45) is 0.139. The number of benzene rings is 4. The molecule has 5 nitrogen and oxygen atoms in total. The molecule has 0 aliphatic rings. The van der Waals surface area contributed by atoms with E-state index in [0.717, 1.165) is 22.3 Å². The van der Waals surface area contributed by atoms with Crippen LogP contribution in [0, 0.1) is 0 Å². The Morgan fingerprint density at radius 2 is 1.26 bits per heavy atom. The Morgan fingerprint density at radius 3 is 1.83 bits per heavy atom. The Bertz CT molecular complexity index is 1200. The molecule has 0 fully saturated rings. The molecular weight excluding hydrogens is 438 g/mol. The number of carboxylic acid groups (broad SMARTS) is 1. The summed E-state index contributed by atoms with van der Waals surface area (Å²) in [5, 5.41) is 12.6. The number of carbonyl (C=O) groups is 2. The molecule has 0 heterocycles. The minimum Gasteiger partial charge on any atom is -0.489 e. The summed E-state index contributed by atoms with van der Waals surface area (Å²) in [4.78, 5) is 25.5. The van der Waals surface area contributed by atoms with Gasteiger partial charge in [0, 0.05) is 6.42 Å². The number of carboxylic acids is 1. The lowest BCUT2D eigenvalue weighted by Crippen LogP contribution is -2.44. The topological polar surface area (TPSA) is 75.6 Å². The largest absolute Gasteiger partial charge is 0.489 e. The van der Waals surface area contributed by atoms with Crippen molar-refractivity contribution < 1.29 is 19.4 Å². The van der Waals surface area contributed by atoms with Crippen LogP contribution in [0.4, 0.5) is 0 Å². The third kappa shape index (κ3) is 6.58. The molecule has 4 aromatic rings. The van der Waals surface area contributed by atoms with Crippen LogP contribution in [0.1, 0.15) is 28.2 Å². The van der Waals surface area contributed by atoms with E-state index < -0.39 is 17.9 Å². The number of carbonyl (C=O) groups excluding carboxylic acids is 1. The molecule has 0 bridgehead atoms. The number of ether oxygens (including phenoxy) is 1. The van der Waals surface area contributed by atoms with Gasteiger partial charge < -0.3 is 15.2 Å². The van der Waals surface area contributed by atoms with Gasteiger partial charge in [0.05, 0.1) is 5.92 Å². The highest BCUT2D eigenvalue weighted by Gasteiger charge is 2.28. The fraction of sp³-hybridized carbons (Fsp3) is 0.133. The van der Waals surface area contributed by atoms with E-state index in [2.05, 4.69) is 5.32 Å². The van der Waals surface area contributed by atoms with Crippen molar-refractivity contribution in [1.82, 2.24) is 5.32 Å². The van der Waals surface area contributed by atoms with Crippen LogP contribution >= 0.6 is 0 Å². The molecule has 0 aliphatic heterocycles. The van der Waals surface area contributed by atoms with Gasteiger partial charge in [-0.05, 0) is 34.4 Å². The average Bonchev–Trinajstić information content (AvgIpc) is 2.89. The Balaban J connectivity index is 1.49. The molecule has 35 heavy (non-hydrogen) atoms. The number of nitrogens with one attached hydrogen (secondary N) is 1. The molecular formula is C30H27NO4. The average molecular weight is 466 g/mol. The molecule has 4 aromatic carbocycles. The lowest BCUT2D eigenvalue weighted by atomic mass is 9.90. The summed E-state index contributed by atoms with van der Waals surface area (Å²) in [7, 11) is 0. The molecule has 4 rings (SSSR count). The predicted octanol–water partition coefficient (Wildman–Crippen LogP) is 5.21. The number of aliphatic carboxylic acids is 1. The molecule has 0 saturated carbocycles. The van der Waals surface area contributed by atoms with Crippen molar-refractivity contribution in [3.05, 3.63) is 138 Å². The lowest BCUT2D eigenvalue weighted by molar-refractivity contribution is -0.141. The van der Waals surface area contributed by atoms with Crippen LogP contribution in [-0.2, 0) is 22.6 Å². The molecule has 0 unspecified atom stereocenters. The highest BCUT2D eigenvalue weighted by Crippen LogP contribution is 2.25. The number of hydrogen-bond donors (Lipinski definition) is 2. The van der Waals surface area contributed by atoms with Crippen molar-refractivity contribution in [1.29, 1.82) is 0 Å². The Labute approximate surface area is 205 Å². The molecule has 5 heteroatoms. The number of hydrogen-bond acceptors (Lipinski definition) is 3. The van der Waals surface area contributed by atoms with Crippen molar-refractivity contribution in [3.8, 4) is 5.75 Å². The van der Waals surface area contributed by atoms with Gasteiger partial charge >= 0.3 is 5.97 Å². The zero-order valence-corrected chi connectivity index (χ0v) is 19.2. The summed E-state index contributed by atoms with van der Waals surface area (Å²) >= 11 is 0. The van der Waals surface area contributed by atoms with Gasteiger partial charge in [0.1, 0.15) is 18.4 Å². The van der Waals surface area contributed by atoms with Crippen molar-refractivity contribution in [3.63, 3.8) is 0 Å². The third-order valence-corrected chi connectivity index (χ3v) is 5.73. The Morgan fingerprint density at radius 1 is 0.714 bits per heavy atom. The Hall–Kier alpha value is -4.38. The van der Waals surface area contributed by atoms with Gasteiger partial charge in [-0.1, -0.05) is 103 Å². The fourth-order valence-corrected chi connectivity index (χ4v) is 3.98. The molecule has 0 spiro atoms. The van der Waals surface area contributed by atoms with Crippen LogP contribution in [-0.4, -0.2) is 23.0 Å². The molecule has 176 valence electrons. The van der Waals surface area contributed by atoms with Gasteiger partial charge in [0.15, 0.2) is 0 Å². The van der Waals surface area contributed by atoms with Gasteiger partial charge in [-0.2, -0.15) is 0 Å². The molecule has 0 aliphatic carbocycles. The standard InChI is InChI=1S/C30H27NO4/c32-29(28(24-14-6-2-7-15-24)25-16-8-3-9-17-25)31-27(30(33)34)20-23-13-10-18-26(19-23)35-21-22-11-4-1-5-12-22/h1-19,27-28H,20-21H2,(H,31,32)(H,33,34)/t27-/m0/s1. The molecule has 0 aromatic heterocycles. The maximum atomic E-state index is 13.4. The predicted molar refractivity (Wildman–Crippen MR) is 135 cm³/mol. The summed E-state index contributed by atoms with van der Waals surface area (Å²) in [5.41, 5.74) is 3.41. The minimum absolute atomic E-state index is 0.139. The molecule has 1 amide bonds. The van der Waals surface area contributed by atoms with Crippen molar-refractivity contribution in [2.24, 2.45) is 0 Å². The second-order valence-corrected chi connectivity index (χ2v) is 8.28. The fourth-order valence-electron chi connectivity index (χ4n) is 3.98. The van der Waals surface area contributed by atoms with Gasteiger partial charge in [0.25, 0.3) is 0 Å². The highest BCUT2D eigenvalue weighted by atomic mass is 16.5. The summed E-state index contributed by atoms with van der Waals surface area (Å²) in [5.74, 6) is -1.41. The van der Waals surface area contributed by atoms with Crippen LogP contribution < -0.4 is 10.1 Å². The monoisotopic (exact) mass is 465 g/mol. The summed E-state index contributed by atoms with van der Waals surface area (Å²) in [6.45, 7) is 0.416. The molecule has 0 radical (unpaired) electrons. The quantitative estimate of drug-likeness (QED) is 0.337. The zero-order chi connectivity index (χ0) is 24.5. The van der Waals surface area contributed by atoms with Crippen molar-refractivity contribution in [2.45, 2.75) is 25.0 Å².